The van der Waals surface area contributed by atoms with Gasteiger partial charge in [0.2, 0.25) is 0 Å². The Labute approximate surface area is 117 Å². The number of ketones is 1. The number of hydrogen-bond acceptors (Lipinski definition) is 3. The maximum Gasteiger partial charge on any atom is 0.326 e. The summed E-state index contributed by atoms with van der Waals surface area (Å²) in [7, 11) is 0. The Morgan fingerprint density at radius 1 is 1.20 bits per heavy atom. The van der Waals surface area contributed by atoms with Gasteiger partial charge in [-0.15, -0.1) is 0 Å². The number of carbonyl (C=O) groups is 3. The lowest BCUT2D eigenvalue weighted by atomic mass is 10.1. The number of amides is 2. The Kier molecular flexibility index (Phi) is 5.71. The molecule has 6 heteroatoms. The van der Waals surface area contributed by atoms with E-state index in [-0.39, 0.29) is 5.78 Å². The molecule has 0 bridgehead atoms. The van der Waals surface area contributed by atoms with E-state index in [0.717, 1.165) is 0 Å². The fraction of sp³-hybridized carbons (Fsp3) is 0.357. The number of rotatable bonds is 6. The quantitative estimate of drug-likeness (QED) is 0.695. The zero-order valence-corrected chi connectivity index (χ0v) is 11.5. The molecule has 0 saturated carbocycles. The van der Waals surface area contributed by atoms with Crippen LogP contribution in [0.25, 0.3) is 0 Å². The van der Waals surface area contributed by atoms with Crippen molar-refractivity contribution in [1.29, 1.82) is 0 Å². The van der Waals surface area contributed by atoms with Gasteiger partial charge in [-0.3, -0.25) is 4.79 Å². The van der Waals surface area contributed by atoms with E-state index in [0.29, 0.717) is 24.1 Å². The molecule has 2 amide bonds. The van der Waals surface area contributed by atoms with Crippen molar-refractivity contribution in [1.82, 2.24) is 5.32 Å². The predicted molar refractivity (Wildman–Crippen MR) is 74.9 cm³/mol. The first-order valence-corrected chi connectivity index (χ1v) is 6.35. The largest absolute Gasteiger partial charge is 0.480 e. The maximum atomic E-state index is 11.7. The molecule has 108 valence electrons. The first-order chi connectivity index (χ1) is 9.43. The molecule has 1 aromatic carbocycles. The highest BCUT2D eigenvalue weighted by Gasteiger charge is 2.18. The van der Waals surface area contributed by atoms with Gasteiger partial charge in [0.25, 0.3) is 0 Å². The predicted octanol–water partition coefficient (Wildman–Crippen LogP) is 2.26. The van der Waals surface area contributed by atoms with Gasteiger partial charge < -0.3 is 15.7 Å². The summed E-state index contributed by atoms with van der Waals surface area (Å²) < 4.78 is 0. The van der Waals surface area contributed by atoms with Gasteiger partial charge >= 0.3 is 12.0 Å². The molecular formula is C14H18N2O4. The third-order valence-corrected chi connectivity index (χ3v) is 2.73. The standard InChI is InChI=1S/C14H18N2O4/c1-3-4-12(13(18)19)16-14(20)15-11-7-5-10(6-8-11)9(2)17/h5-8,12H,3-4H2,1-2H3,(H,18,19)(H2,15,16,20). The summed E-state index contributed by atoms with van der Waals surface area (Å²) in [5.74, 6) is -1.12. The molecule has 1 rings (SSSR count). The minimum atomic E-state index is -1.06. The lowest BCUT2D eigenvalue weighted by Crippen LogP contribution is -2.42. The first kappa shape index (κ1) is 15.7. The van der Waals surface area contributed by atoms with E-state index in [1.54, 1.807) is 24.3 Å². The third kappa shape index (κ3) is 4.72. The molecular weight excluding hydrogens is 260 g/mol. The van der Waals surface area contributed by atoms with E-state index >= 15 is 0 Å². The molecule has 20 heavy (non-hydrogen) atoms. The number of hydrogen-bond donors (Lipinski definition) is 3. The normalized spacial score (nSPS) is 11.5. The molecule has 1 unspecified atom stereocenters. The van der Waals surface area contributed by atoms with Gasteiger partial charge in [0, 0.05) is 11.3 Å². The van der Waals surface area contributed by atoms with Gasteiger partial charge in [-0.2, -0.15) is 0 Å². The number of carbonyl (C=O) groups excluding carboxylic acids is 2. The lowest BCUT2D eigenvalue weighted by Gasteiger charge is -2.14. The fourth-order valence-electron chi connectivity index (χ4n) is 1.66. The minimum absolute atomic E-state index is 0.0603. The van der Waals surface area contributed by atoms with Crippen LogP contribution in [-0.2, 0) is 4.79 Å². The molecule has 0 heterocycles. The third-order valence-electron chi connectivity index (χ3n) is 2.73. The number of nitrogens with one attached hydrogen (secondary N) is 2. The van der Waals surface area contributed by atoms with Gasteiger partial charge in [-0.1, -0.05) is 13.3 Å². The summed E-state index contributed by atoms with van der Waals surface area (Å²) in [5, 5.41) is 13.9. The zero-order chi connectivity index (χ0) is 15.1. The number of Topliss-reactive ketones (excluding diaryl/α,β-unsaturated/α-hetero) is 1. The molecule has 0 aliphatic carbocycles. The van der Waals surface area contributed by atoms with Crippen molar-refractivity contribution in [3.63, 3.8) is 0 Å². The van der Waals surface area contributed by atoms with E-state index in [2.05, 4.69) is 10.6 Å². The Morgan fingerprint density at radius 2 is 1.80 bits per heavy atom. The van der Waals surface area contributed by atoms with Crippen LogP contribution in [0.4, 0.5) is 10.5 Å². The van der Waals surface area contributed by atoms with Crippen molar-refractivity contribution in [3.05, 3.63) is 29.8 Å². The van der Waals surface area contributed by atoms with Crippen molar-refractivity contribution in [2.24, 2.45) is 0 Å². The highest BCUT2D eigenvalue weighted by Crippen LogP contribution is 2.10. The minimum Gasteiger partial charge on any atom is -0.480 e. The maximum absolute atomic E-state index is 11.7. The molecule has 0 spiro atoms. The number of benzene rings is 1. The number of anilines is 1. The Hall–Kier alpha value is -2.37. The number of carboxylic acids is 1. The number of carboxylic acid groups (broad SMARTS) is 1. The summed E-state index contributed by atoms with van der Waals surface area (Å²) >= 11 is 0. The van der Waals surface area contributed by atoms with Gasteiger partial charge in [-0.25, -0.2) is 9.59 Å². The topological polar surface area (TPSA) is 95.5 Å². The van der Waals surface area contributed by atoms with E-state index in [9.17, 15) is 14.4 Å². The summed E-state index contributed by atoms with van der Waals surface area (Å²) in [6, 6.07) is 4.88. The van der Waals surface area contributed by atoms with Gasteiger partial charge in [0.05, 0.1) is 0 Å². The molecule has 6 nitrogen and oxygen atoms in total. The Bertz CT molecular complexity index is 496. The molecule has 1 aromatic rings. The van der Waals surface area contributed by atoms with Crippen molar-refractivity contribution < 1.29 is 19.5 Å². The Morgan fingerprint density at radius 3 is 2.25 bits per heavy atom. The van der Waals surface area contributed by atoms with Crippen LogP contribution in [0, 0.1) is 0 Å². The van der Waals surface area contributed by atoms with Gasteiger partial charge in [0.1, 0.15) is 6.04 Å². The summed E-state index contributed by atoms with van der Waals surface area (Å²) in [6.07, 6.45) is 1.02. The molecule has 1 atom stereocenters. The summed E-state index contributed by atoms with van der Waals surface area (Å²) in [4.78, 5) is 33.7. The van der Waals surface area contributed by atoms with Crippen molar-refractivity contribution >= 4 is 23.5 Å². The van der Waals surface area contributed by atoms with Crippen LogP contribution < -0.4 is 10.6 Å². The van der Waals surface area contributed by atoms with Crippen molar-refractivity contribution in [3.8, 4) is 0 Å². The van der Waals surface area contributed by atoms with E-state index in [1.807, 2.05) is 6.92 Å². The zero-order valence-electron chi connectivity index (χ0n) is 11.5. The second-order valence-electron chi connectivity index (χ2n) is 4.41. The van der Waals surface area contributed by atoms with Crippen LogP contribution in [0.15, 0.2) is 24.3 Å². The van der Waals surface area contributed by atoms with Crippen LogP contribution in [0.2, 0.25) is 0 Å². The smallest absolute Gasteiger partial charge is 0.326 e. The second kappa shape index (κ2) is 7.28. The lowest BCUT2D eigenvalue weighted by molar-refractivity contribution is -0.139. The molecule has 0 fully saturated rings. The van der Waals surface area contributed by atoms with E-state index < -0.39 is 18.0 Å². The summed E-state index contributed by atoms with van der Waals surface area (Å²) in [5.41, 5.74) is 1.04. The molecule has 3 N–H and O–H groups in total. The second-order valence-corrected chi connectivity index (χ2v) is 4.41. The molecule has 0 aromatic heterocycles. The van der Waals surface area contributed by atoms with Crippen LogP contribution in [0.5, 0.6) is 0 Å². The fourth-order valence-corrected chi connectivity index (χ4v) is 1.66. The molecule has 0 aliphatic rings. The highest BCUT2D eigenvalue weighted by molar-refractivity contribution is 5.95. The highest BCUT2D eigenvalue weighted by atomic mass is 16.4. The first-order valence-electron chi connectivity index (χ1n) is 6.35. The average molecular weight is 278 g/mol. The average Bonchev–Trinajstić information content (AvgIpc) is 2.38. The number of urea groups is 1. The molecule has 0 aliphatic heterocycles. The van der Waals surface area contributed by atoms with E-state index in [4.69, 9.17) is 5.11 Å². The van der Waals surface area contributed by atoms with Crippen LogP contribution in [0.3, 0.4) is 0 Å². The number of aliphatic carboxylic acids is 1. The SMILES string of the molecule is CCCC(NC(=O)Nc1ccc(C(C)=O)cc1)C(=O)O. The van der Waals surface area contributed by atoms with Crippen LogP contribution in [0.1, 0.15) is 37.0 Å². The summed E-state index contributed by atoms with van der Waals surface area (Å²) in [6.45, 7) is 3.30. The van der Waals surface area contributed by atoms with Crippen LogP contribution >= 0.6 is 0 Å². The van der Waals surface area contributed by atoms with Crippen molar-refractivity contribution in [2.75, 3.05) is 5.32 Å². The molecule has 0 radical (unpaired) electrons. The molecule has 0 saturated heterocycles. The van der Waals surface area contributed by atoms with Gasteiger partial charge in [-0.05, 0) is 37.6 Å². The van der Waals surface area contributed by atoms with Gasteiger partial charge in [0.15, 0.2) is 5.78 Å². The van der Waals surface area contributed by atoms with Crippen molar-refractivity contribution in [2.45, 2.75) is 32.7 Å². The monoisotopic (exact) mass is 278 g/mol. The van der Waals surface area contributed by atoms with Crippen LogP contribution in [-0.4, -0.2) is 28.9 Å². The Balaban J connectivity index is 2.61. The van der Waals surface area contributed by atoms with E-state index in [1.165, 1.54) is 6.92 Å².